The van der Waals surface area contributed by atoms with E-state index in [0.717, 1.165) is 94.7 Å². The Balaban J connectivity index is 1.85. The summed E-state index contributed by atoms with van der Waals surface area (Å²) in [5.41, 5.74) is 8.47. The molecule has 0 saturated heterocycles. The molecule has 0 aromatic heterocycles. The lowest BCUT2D eigenvalue weighted by Gasteiger charge is -2.45. The van der Waals surface area contributed by atoms with Crippen LogP contribution in [0.3, 0.4) is 0 Å². The lowest BCUT2D eigenvalue weighted by molar-refractivity contribution is -0.115. The molecule has 4 N–H and O–H groups in total. The molecule has 2 aliphatic rings. The normalized spacial score (nSPS) is 22.0. The summed E-state index contributed by atoms with van der Waals surface area (Å²) in [5.74, 6) is 4.87. The van der Waals surface area contributed by atoms with E-state index in [0.29, 0.717) is 44.6 Å². The number of hydrogen-bond donors (Lipinski definition) is 3. The third-order valence-corrected chi connectivity index (χ3v) is 14.0. The third-order valence-electron chi connectivity index (χ3n) is 14.0. The summed E-state index contributed by atoms with van der Waals surface area (Å²) in [6.45, 7) is 32.3. The summed E-state index contributed by atoms with van der Waals surface area (Å²) in [7, 11) is 8.04. The Bertz CT molecular complexity index is 1520. The van der Waals surface area contributed by atoms with Gasteiger partial charge in [-0.25, -0.2) is 0 Å². The van der Waals surface area contributed by atoms with Crippen molar-refractivity contribution >= 4 is 13.2 Å². The largest absolute Gasteiger partial charge is 0.489 e. The van der Waals surface area contributed by atoms with Crippen molar-refractivity contribution in [1.82, 2.24) is 25.2 Å². The molecule has 1 aliphatic heterocycles. The van der Waals surface area contributed by atoms with Crippen LogP contribution in [0.4, 0.5) is 0 Å². The molecule has 0 fully saturated rings. The first kappa shape index (κ1) is 59.1. The van der Waals surface area contributed by atoms with Crippen LogP contribution in [-0.4, -0.2) is 139 Å². The Kier molecular flexibility index (Phi) is 29.9. The van der Waals surface area contributed by atoms with Crippen molar-refractivity contribution in [2.45, 2.75) is 168 Å². The molecule has 0 bridgehead atoms. The predicted molar refractivity (Wildman–Crippen MR) is 278 cm³/mol. The summed E-state index contributed by atoms with van der Waals surface area (Å²) < 4.78 is 25.5. The minimum Gasteiger partial charge on any atom is -0.489 e. The smallest absolute Gasteiger partial charge is 0.202 e. The van der Waals surface area contributed by atoms with Crippen molar-refractivity contribution in [2.24, 2.45) is 23.0 Å². The average molecular weight is 920 g/mol. The maximum absolute atomic E-state index is 12.5. The molecular weight excluding hydrogens is 823 g/mol. The van der Waals surface area contributed by atoms with Crippen LogP contribution in [-0.2, 0) is 23.7 Å². The molecule has 2 rings (SSSR count). The molecule has 11 nitrogen and oxygen atoms in total. The third kappa shape index (κ3) is 21.5. The summed E-state index contributed by atoms with van der Waals surface area (Å²) >= 11 is 0. The SMILES string of the molecule is C#CCCCCCCCCCCN(CCOCCCN(C)C(=C)O[C@H](C(C)CC)[C@]1(C)CC(C(C)=O)=CC(NC)C1)CCOCCN(C)C(=C)CC(CC)C1OC(C=C)=C[C@H](N[B]C)C1N. The second-order valence-electron chi connectivity index (χ2n) is 19.4. The van der Waals surface area contributed by atoms with Crippen molar-refractivity contribution < 1.29 is 23.7 Å². The number of ketones is 1. The number of nitrogens with one attached hydrogen (secondary N) is 2. The first-order valence-electron chi connectivity index (χ1n) is 25.6. The standard InChI is InChI=1S/C54H96BN6O5/c1-14-18-19-20-21-22-23-24-25-26-29-61(32-36-64-34-30-59(12)43(6)37-46(16-3)52-51(56)50(58-55-10)39-49(17-4)66-52)31-35-63-33-27-28-60(13)45(8)65-53(42(5)15-2)54(9)40-47(44(7)62)38-48(41-54)57-11/h1,17,38-39,42,46,48,50-53,57-58H,4,6,8,15-16,18-37,40-41,56H2,2-3,5,7,9-13H3/t42?,46?,48?,50-,51?,52?,53+,54+/m0/s1. The molecule has 12 heteroatoms. The number of carbonyl (C=O) groups is 1. The number of nitrogens with zero attached hydrogens (tertiary/aromatic N) is 3. The van der Waals surface area contributed by atoms with E-state index in [9.17, 15) is 4.79 Å². The lowest BCUT2D eigenvalue weighted by Crippen LogP contribution is -2.56. The van der Waals surface area contributed by atoms with Crippen LogP contribution >= 0.6 is 0 Å². The topological polar surface area (TPSA) is 114 Å². The van der Waals surface area contributed by atoms with Crippen molar-refractivity contribution in [3.8, 4) is 12.3 Å². The number of allylic oxidation sites excluding steroid dienone is 3. The summed E-state index contributed by atoms with van der Waals surface area (Å²) in [4.78, 5) is 19.3. The highest BCUT2D eigenvalue weighted by Gasteiger charge is 2.44. The predicted octanol–water partition coefficient (Wildman–Crippen LogP) is 8.88. The van der Waals surface area contributed by atoms with Gasteiger partial charge in [-0.1, -0.05) is 98.7 Å². The zero-order valence-electron chi connectivity index (χ0n) is 43.5. The van der Waals surface area contributed by atoms with Gasteiger partial charge in [-0.05, 0) is 95.7 Å². The minimum absolute atomic E-state index is 0.000950. The van der Waals surface area contributed by atoms with Gasteiger partial charge in [0.2, 0.25) is 7.41 Å². The van der Waals surface area contributed by atoms with Crippen LogP contribution < -0.4 is 16.3 Å². The number of unbranched alkanes of at least 4 members (excludes halogenated alkanes) is 8. The molecule has 0 spiro atoms. The maximum Gasteiger partial charge on any atom is 0.202 e. The highest BCUT2D eigenvalue weighted by atomic mass is 16.5. The number of terminal acetylenes is 1. The molecule has 375 valence electrons. The second-order valence-corrected chi connectivity index (χ2v) is 19.4. The second kappa shape index (κ2) is 33.5. The van der Waals surface area contributed by atoms with Gasteiger partial charge in [0.05, 0.1) is 25.9 Å². The first-order chi connectivity index (χ1) is 31.7. The Morgan fingerprint density at radius 2 is 1.61 bits per heavy atom. The zero-order chi connectivity index (χ0) is 48.9. The number of Topliss-reactive ketones (excluding diaryl/α,β-unsaturated/α-hetero) is 1. The Morgan fingerprint density at radius 3 is 2.20 bits per heavy atom. The van der Waals surface area contributed by atoms with E-state index in [1.807, 2.05) is 34.4 Å². The van der Waals surface area contributed by atoms with Gasteiger partial charge in [-0.15, -0.1) is 12.3 Å². The average Bonchev–Trinajstić information content (AvgIpc) is 3.30. The van der Waals surface area contributed by atoms with Crippen molar-refractivity contribution in [1.29, 1.82) is 0 Å². The Hall–Kier alpha value is -3.05. The molecule has 66 heavy (non-hydrogen) atoms. The molecule has 5 unspecified atom stereocenters. The molecular formula is C54H96BN6O5. The number of ether oxygens (including phenoxy) is 4. The molecule has 0 saturated carbocycles. The number of nitrogens with two attached hydrogens (primary N) is 1. The molecule has 0 aromatic carbocycles. The van der Waals surface area contributed by atoms with Gasteiger partial charge in [-0.2, -0.15) is 0 Å². The van der Waals surface area contributed by atoms with Gasteiger partial charge < -0.3 is 45.0 Å². The highest BCUT2D eigenvalue weighted by molar-refractivity contribution is 6.30. The van der Waals surface area contributed by atoms with Crippen LogP contribution in [0.25, 0.3) is 0 Å². The van der Waals surface area contributed by atoms with E-state index in [-0.39, 0.29) is 47.4 Å². The first-order valence-corrected chi connectivity index (χ1v) is 25.6. The van der Waals surface area contributed by atoms with Crippen LogP contribution in [0, 0.1) is 29.6 Å². The van der Waals surface area contributed by atoms with E-state index in [1.54, 1.807) is 13.0 Å². The molecule has 8 atom stereocenters. The van der Waals surface area contributed by atoms with Crippen LogP contribution in [0.15, 0.2) is 60.9 Å². The fourth-order valence-corrected chi connectivity index (χ4v) is 9.45. The van der Waals surface area contributed by atoms with E-state index in [2.05, 4.69) is 91.7 Å². The van der Waals surface area contributed by atoms with Crippen LogP contribution in [0.5, 0.6) is 0 Å². The fourth-order valence-electron chi connectivity index (χ4n) is 9.45. The molecule has 1 heterocycles. The fraction of sp³-hybridized carbons (Fsp3) is 0.759. The molecule has 1 radical (unpaired) electrons. The Morgan fingerprint density at radius 1 is 0.970 bits per heavy atom. The van der Waals surface area contributed by atoms with Crippen molar-refractivity contribution in [3.05, 3.63) is 60.9 Å². The van der Waals surface area contributed by atoms with E-state index < -0.39 is 0 Å². The van der Waals surface area contributed by atoms with Crippen LogP contribution in [0.2, 0.25) is 6.82 Å². The van der Waals surface area contributed by atoms with Gasteiger partial charge in [0.25, 0.3) is 0 Å². The van der Waals surface area contributed by atoms with Gasteiger partial charge in [0.1, 0.15) is 18.0 Å². The zero-order valence-corrected chi connectivity index (χ0v) is 43.5. The molecule has 1 aliphatic carbocycles. The van der Waals surface area contributed by atoms with Gasteiger partial charge in [0, 0.05) is 82.4 Å². The number of rotatable bonds is 39. The van der Waals surface area contributed by atoms with Gasteiger partial charge in [-0.3, -0.25) is 9.69 Å². The maximum atomic E-state index is 12.5. The molecule has 0 aromatic rings. The molecule has 0 amide bonds. The minimum atomic E-state index is -0.195. The van der Waals surface area contributed by atoms with Crippen molar-refractivity contribution in [2.75, 3.05) is 80.3 Å². The summed E-state index contributed by atoms with van der Waals surface area (Å²) in [5, 5.41) is 6.77. The van der Waals surface area contributed by atoms with Gasteiger partial charge in [0.15, 0.2) is 11.7 Å². The van der Waals surface area contributed by atoms with Crippen molar-refractivity contribution in [3.63, 3.8) is 0 Å². The monoisotopic (exact) mass is 920 g/mol. The van der Waals surface area contributed by atoms with E-state index in [1.165, 1.54) is 44.9 Å². The van der Waals surface area contributed by atoms with E-state index in [4.69, 9.17) is 31.1 Å². The summed E-state index contributed by atoms with van der Waals surface area (Å²) in [6, 6.07) is -0.0368. The quantitative estimate of drug-likeness (QED) is 0.0238. The van der Waals surface area contributed by atoms with E-state index >= 15 is 0 Å². The number of likely N-dealkylation sites (N-methyl/N-ethyl adjacent to an activating group) is 2. The number of carbonyl (C=O) groups excluding carboxylic acids is 1. The summed E-state index contributed by atoms with van der Waals surface area (Å²) in [6.07, 6.45) is 27.2. The Labute approximate surface area is 405 Å². The lowest BCUT2D eigenvalue weighted by atomic mass is 9.66. The number of hydrogen-bond acceptors (Lipinski definition) is 11. The van der Waals surface area contributed by atoms with Crippen LogP contribution in [0.1, 0.15) is 131 Å². The highest BCUT2D eigenvalue weighted by Crippen LogP contribution is 2.44. The van der Waals surface area contributed by atoms with Gasteiger partial charge >= 0.3 is 0 Å².